The van der Waals surface area contributed by atoms with E-state index < -0.39 is 18.2 Å². The number of aliphatic hydroxyl groups excluding tert-OH is 2. The number of hydrogen-bond acceptors (Lipinski definition) is 5. The molecule has 0 aromatic rings. The van der Waals surface area contributed by atoms with Crippen LogP contribution < -0.4 is 5.32 Å². The van der Waals surface area contributed by atoms with Crippen molar-refractivity contribution in [2.24, 2.45) is 0 Å². The van der Waals surface area contributed by atoms with Crippen molar-refractivity contribution in [1.29, 1.82) is 0 Å². The Morgan fingerprint density at radius 3 is 1.28 bits per heavy atom. The van der Waals surface area contributed by atoms with E-state index in [4.69, 9.17) is 4.74 Å². The number of carbonyl (C=O) groups is 2. The minimum Gasteiger partial charge on any atom is -0.461 e. The highest BCUT2D eigenvalue weighted by Crippen LogP contribution is 2.16. The lowest BCUT2D eigenvalue weighted by Crippen LogP contribution is -2.46. The van der Waals surface area contributed by atoms with Crippen molar-refractivity contribution in [2.75, 3.05) is 6.61 Å². The van der Waals surface area contributed by atoms with Gasteiger partial charge in [0.1, 0.15) is 6.10 Å². The van der Waals surface area contributed by atoms with E-state index in [9.17, 15) is 19.8 Å². The summed E-state index contributed by atoms with van der Waals surface area (Å²) in [7, 11) is 0. The Hall–Kier alpha value is -2.70. The molecule has 3 atom stereocenters. The molecule has 0 heterocycles. The molecule has 0 aromatic carbocycles. The van der Waals surface area contributed by atoms with E-state index in [2.05, 4.69) is 80.8 Å². The number of esters is 1. The Bertz CT molecular complexity index is 1190. The van der Waals surface area contributed by atoms with Gasteiger partial charge in [-0.3, -0.25) is 9.59 Å². The molecule has 3 N–H and O–H groups in total. The van der Waals surface area contributed by atoms with Crippen molar-refractivity contribution in [3.05, 3.63) is 72.9 Å². The smallest absolute Gasteiger partial charge is 0.306 e. The van der Waals surface area contributed by atoms with Crippen molar-refractivity contribution < 1.29 is 24.5 Å². The number of ether oxygens (including phenoxy) is 1. The summed E-state index contributed by atoms with van der Waals surface area (Å²) in [6.07, 6.45) is 65.6. The first-order valence-corrected chi connectivity index (χ1v) is 27.2. The number of aliphatic hydroxyl groups is 2. The van der Waals surface area contributed by atoms with Crippen LogP contribution >= 0.6 is 0 Å². The van der Waals surface area contributed by atoms with E-state index in [0.717, 1.165) is 51.4 Å². The van der Waals surface area contributed by atoms with Crippen molar-refractivity contribution >= 4 is 11.9 Å². The summed E-state index contributed by atoms with van der Waals surface area (Å²) < 4.78 is 5.83. The Balaban J connectivity index is 4.70. The van der Waals surface area contributed by atoms with Crippen molar-refractivity contribution in [3.63, 3.8) is 0 Å². The highest BCUT2D eigenvalue weighted by molar-refractivity contribution is 5.77. The van der Waals surface area contributed by atoms with Gasteiger partial charge in [-0.25, -0.2) is 0 Å². The fraction of sp³-hybridized carbons (Fsp3) is 0.759. The molecule has 370 valence electrons. The topological polar surface area (TPSA) is 95.9 Å². The molecule has 0 saturated carbocycles. The van der Waals surface area contributed by atoms with E-state index in [0.29, 0.717) is 19.3 Å². The number of allylic oxidation sites excluding steroid dienone is 11. The molecule has 0 aliphatic heterocycles. The van der Waals surface area contributed by atoms with Crippen LogP contribution in [-0.4, -0.2) is 46.9 Å². The Morgan fingerprint density at radius 2 is 0.828 bits per heavy atom. The Kier molecular flexibility index (Phi) is 49.1. The van der Waals surface area contributed by atoms with Crippen LogP contribution in [0.2, 0.25) is 0 Å². The second-order valence-electron chi connectivity index (χ2n) is 18.3. The van der Waals surface area contributed by atoms with E-state index in [1.807, 2.05) is 18.2 Å². The molecule has 0 aromatic heterocycles. The number of carbonyl (C=O) groups excluding carboxylic acids is 2. The van der Waals surface area contributed by atoms with Gasteiger partial charge >= 0.3 is 5.97 Å². The van der Waals surface area contributed by atoms with Crippen molar-refractivity contribution in [2.45, 2.75) is 277 Å². The van der Waals surface area contributed by atoms with Gasteiger partial charge in [0, 0.05) is 12.8 Å². The summed E-state index contributed by atoms with van der Waals surface area (Å²) in [5, 5.41) is 23.8. The molecular weight excluding hydrogens is 791 g/mol. The third-order valence-corrected chi connectivity index (χ3v) is 12.0. The van der Waals surface area contributed by atoms with Crippen LogP contribution in [0.4, 0.5) is 0 Å². The molecule has 0 rings (SSSR count). The van der Waals surface area contributed by atoms with Gasteiger partial charge in [-0.1, -0.05) is 248 Å². The first-order chi connectivity index (χ1) is 31.5. The van der Waals surface area contributed by atoms with Gasteiger partial charge in [0.15, 0.2) is 0 Å². The summed E-state index contributed by atoms with van der Waals surface area (Å²) in [6, 6.07) is -0.744. The average Bonchev–Trinajstić information content (AvgIpc) is 3.29. The minimum absolute atomic E-state index is 0.0225. The normalized spacial score (nSPS) is 13.8. The summed E-state index contributed by atoms with van der Waals surface area (Å²) >= 11 is 0. The van der Waals surface area contributed by atoms with Crippen LogP contribution in [-0.2, 0) is 14.3 Å². The van der Waals surface area contributed by atoms with Crippen LogP contribution in [0.5, 0.6) is 0 Å². The highest BCUT2D eigenvalue weighted by Gasteiger charge is 2.23. The third-order valence-electron chi connectivity index (χ3n) is 12.0. The zero-order valence-electron chi connectivity index (χ0n) is 42.1. The third kappa shape index (κ3) is 45.9. The molecule has 0 saturated heterocycles. The number of amides is 1. The highest BCUT2D eigenvalue weighted by atomic mass is 16.5. The number of rotatable bonds is 48. The van der Waals surface area contributed by atoms with Gasteiger partial charge in [-0.2, -0.15) is 0 Å². The van der Waals surface area contributed by atoms with Crippen LogP contribution in [0.3, 0.4) is 0 Å². The SMILES string of the molecule is CCCCC/C=C\C/C=C\C/C=C\C/C=C\CC(CC(=O)NC(CO)C(O)CCCCCCCCCCCCCCCCCCC)OC(=O)CC/C=C/C/C=C\CCCCCCCC. The van der Waals surface area contributed by atoms with Gasteiger partial charge in [-0.05, 0) is 64.2 Å². The molecule has 0 aliphatic rings. The summed E-state index contributed by atoms with van der Waals surface area (Å²) in [6.45, 7) is 6.42. The zero-order chi connectivity index (χ0) is 46.7. The van der Waals surface area contributed by atoms with Crippen molar-refractivity contribution in [3.8, 4) is 0 Å². The molecule has 0 aliphatic carbocycles. The van der Waals surface area contributed by atoms with Crippen molar-refractivity contribution in [1.82, 2.24) is 5.32 Å². The summed E-state index contributed by atoms with van der Waals surface area (Å²) in [5.41, 5.74) is 0. The molecule has 6 nitrogen and oxygen atoms in total. The Morgan fingerprint density at radius 1 is 0.469 bits per heavy atom. The van der Waals surface area contributed by atoms with E-state index in [1.54, 1.807) is 0 Å². The largest absolute Gasteiger partial charge is 0.461 e. The van der Waals surface area contributed by atoms with E-state index in [1.165, 1.54) is 154 Å². The molecule has 6 heteroatoms. The lowest BCUT2D eigenvalue weighted by atomic mass is 10.0. The molecule has 3 unspecified atom stereocenters. The second kappa shape index (κ2) is 51.3. The maximum absolute atomic E-state index is 13.2. The molecule has 0 bridgehead atoms. The van der Waals surface area contributed by atoms with Crippen LogP contribution in [0.15, 0.2) is 72.9 Å². The Labute approximate surface area is 396 Å². The zero-order valence-corrected chi connectivity index (χ0v) is 42.1. The molecule has 64 heavy (non-hydrogen) atoms. The maximum Gasteiger partial charge on any atom is 0.306 e. The fourth-order valence-corrected chi connectivity index (χ4v) is 7.87. The molecule has 0 radical (unpaired) electrons. The lowest BCUT2D eigenvalue weighted by molar-refractivity contribution is -0.150. The van der Waals surface area contributed by atoms with Crippen LogP contribution in [0, 0.1) is 0 Å². The lowest BCUT2D eigenvalue weighted by Gasteiger charge is -2.24. The predicted molar refractivity (Wildman–Crippen MR) is 278 cm³/mol. The number of nitrogens with one attached hydrogen (secondary N) is 1. The molecular formula is C58H103NO5. The fourth-order valence-electron chi connectivity index (χ4n) is 7.87. The number of unbranched alkanes of at least 4 members (excludes halogenated alkanes) is 25. The molecule has 1 amide bonds. The van der Waals surface area contributed by atoms with Gasteiger partial charge in [-0.15, -0.1) is 0 Å². The van der Waals surface area contributed by atoms with Gasteiger partial charge in [0.25, 0.3) is 0 Å². The van der Waals surface area contributed by atoms with E-state index >= 15 is 0 Å². The van der Waals surface area contributed by atoms with Gasteiger partial charge in [0.05, 0.1) is 25.2 Å². The standard InChI is InChI=1S/C58H103NO5/c1-4-7-10-13-16-19-22-25-27-28-30-33-35-38-41-44-47-50-56(61)55(53-60)59-57(62)52-54(49-46-43-40-37-34-32-29-26-23-20-17-14-11-8-5-2)64-58(63)51-48-45-42-39-36-31-24-21-18-15-12-9-6-3/h17,20,26,29,31,34,36-37,42-43,45-46,54-56,60-61H,4-16,18-19,21-25,27-28,30,32-33,35,38-41,44,47-53H2,1-3H3,(H,59,62)/b20-17-,29-26-,36-31-,37-34-,45-42+,46-43-. The maximum atomic E-state index is 13.2. The molecule has 0 fully saturated rings. The second-order valence-corrected chi connectivity index (χ2v) is 18.3. The average molecular weight is 894 g/mol. The summed E-state index contributed by atoms with van der Waals surface area (Å²) in [4.78, 5) is 26.1. The summed E-state index contributed by atoms with van der Waals surface area (Å²) in [5.74, 6) is -0.656. The number of hydrogen-bond donors (Lipinski definition) is 3. The first-order valence-electron chi connectivity index (χ1n) is 27.2. The van der Waals surface area contributed by atoms with E-state index in [-0.39, 0.29) is 31.3 Å². The monoisotopic (exact) mass is 894 g/mol. The first kappa shape index (κ1) is 61.3. The molecule has 0 spiro atoms. The van der Waals surface area contributed by atoms with Crippen LogP contribution in [0.25, 0.3) is 0 Å². The van der Waals surface area contributed by atoms with Crippen LogP contribution in [0.1, 0.15) is 258 Å². The quantitative estimate of drug-likeness (QED) is 0.0321. The minimum atomic E-state index is -0.822. The van der Waals surface area contributed by atoms with Gasteiger partial charge in [0.2, 0.25) is 5.91 Å². The van der Waals surface area contributed by atoms with Gasteiger partial charge < -0.3 is 20.3 Å². The predicted octanol–water partition coefficient (Wildman–Crippen LogP) is 16.6.